The number of thiophene rings is 1. The van der Waals surface area contributed by atoms with Gasteiger partial charge in [-0.3, -0.25) is 4.79 Å². The number of nitrogens with one attached hydrogen (secondary N) is 2. The molecule has 0 spiro atoms. The highest BCUT2D eigenvalue weighted by atomic mass is 32.1. The maximum atomic E-state index is 12.7. The number of alkyl halides is 1. The first-order chi connectivity index (χ1) is 18.0. The van der Waals surface area contributed by atoms with Gasteiger partial charge in [0.2, 0.25) is 11.8 Å². The van der Waals surface area contributed by atoms with Gasteiger partial charge in [0.1, 0.15) is 17.1 Å². The van der Waals surface area contributed by atoms with Gasteiger partial charge in [-0.05, 0) is 54.9 Å². The fraction of sp³-hybridized carbons (Fsp3) is 0.222. The van der Waals surface area contributed by atoms with Crippen LogP contribution in [0.4, 0.5) is 27.4 Å². The first-order valence-electron chi connectivity index (χ1n) is 11.9. The Morgan fingerprint density at radius 3 is 2.62 bits per heavy atom. The normalized spacial score (nSPS) is 13.9. The van der Waals surface area contributed by atoms with Gasteiger partial charge >= 0.3 is 0 Å². The van der Waals surface area contributed by atoms with Gasteiger partial charge in [-0.2, -0.15) is 4.98 Å². The molecule has 2 N–H and O–H groups in total. The van der Waals surface area contributed by atoms with Crippen molar-refractivity contribution in [2.24, 2.45) is 0 Å². The number of benzene rings is 2. The minimum absolute atomic E-state index is 0.144. The Kier molecular flexibility index (Phi) is 7.29. The molecular formula is C27H27FN6O2S. The predicted octanol–water partition coefficient (Wildman–Crippen LogP) is 5.44. The highest BCUT2D eigenvalue weighted by Gasteiger charge is 2.15. The number of carbonyl (C=O) groups excluding carboxylic acids is 1. The van der Waals surface area contributed by atoms with Gasteiger partial charge in [0.25, 0.3) is 5.91 Å². The molecule has 0 atom stereocenters. The number of anilines is 4. The summed E-state index contributed by atoms with van der Waals surface area (Å²) >= 11 is 1.48. The zero-order valence-corrected chi connectivity index (χ0v) is 21.2. The largest absolute Gasteiger partial charge is 0.437 e. The molecule has 5 rings (SSSR count). The summed E-state index contributed by atoms with van der Waals surface area (Å²) in [4.78, 5) is 25.9. The fourth-order valence-electron chi connectivity index (χ4n) is 3.94. The molecule has 0 bridgehead atoms. The lowest BCUT2D eigenvalue weighted by atomic mass is 10.2. The third-order valence-corrected chi connectivity index (χ3v) is 6.94. The number of carbonyl (C=O) groups is 1. The molecule has 190 valence electrons. The zero-order valence-electron chi connectivity index (χ0n) is 20.4. The number of aromatic nitrogens is 2. The second-order valence-electron chi connectivity index (χ2n) is 8.77. The second-order valence-corrected chi connectivity index (χ2v) is 9.69. The van der Waals surface area contributed by atoms with Crippen LogP contribution in [-0.2, 0) is 4.79 Å². The lowest BCUT2D eigenvalue weighted by Gasteiger charge is -2.34. The molecule has 3 heterocycles. The molecule has 1 fully saturated rings. The number of hydrogen-bond acceptors (Lipinski definition) is 8. The van der Waals surface area contributed by atoms with Gasteiger partial charge in [-0.1, -0.05) is 12.6 Å². The molecule has 0 saturated carbocycles. The average Bonchev–Trinajstić information content (AvgIpc) is 3.38. The number of piperazine rings is 1. The second kappa shape index (κ2) is 10.9. The number of likely N-dealkylation sites (N-methyl/N-ethyl adjacent to an activating group) is 1. The minimum atomic E-state index is -0.909. The van der Waals surface area contributed by atoms with Crippen molar-refractivity contribution in [2.75, 3.05) is 55.4 Å². The lowest BCUT2D eigenvalue weighted by molar-refractivity contribution is -0.113. The van der Waals surface area contributed by atoms with E-state index in [2.05, 4.69) is 56.2 Å². The maximum Gasteiger partial charge on any atom is 0.253 e. The monoisotopic (exact) mass is 518 g/mol. The third-order valence-electron chi connectivity index (χ3n) is 6.05. The number of fused-ring (bicyclic) bond motifs is 1. The van der Waals surface area contributed by atoms with Crippen molar-refractivity contribution in [1.29, 1.82) is 0 Å². The van der Waals surface area contributed by atoms with Crippen LogP contribution in [0.15, 0.2) is 72.1 Å². The quantitative estimate of drug-likeness (QED) is 0.301. The first kappa shape index (κ1) is 24.7. The van der Waals surface area contributed by atoms with Crippen LogP contribution in [0.25, 0.3) is 10.2 Å². The average molecular weight is 519 g/mol. The van der Waals surface area contributed by atoms with Crippen molar-refractivity contribution in [3.63, 3.8) is 0 Å². The molecule has 10 heteroatoms. The molecule has 1 saturated heterocycles. The molecule has 4 aromatic rings. The van der Waals surface area contributed by atoms with Crippen LogP contribution in [0.2, 0.25) is 0 Å². The smallest absolute Gasteiger partial charge is 0.253 e. The van der Waals surface area contributed by atoms with Crippen LogP contribution in [0.5, 0.6) is 11.6 Å². The number of nitrogens with zero attached hydrogens (tertiary/aromatic N) is 4. The van der Waals surface area contributed by atoms with Crippen molar-refractivity contribution in [3.05, 3.63) is 72.1 Å². The number of halogens is 1. The number of hydrogen-bond donors (Lipinski definition) is 2. The Hall–Kier alpha value is -4.02. The number of ether oxygens (including phenoxy) is 1. The summed E-state index contributed by atoms with van der Waals surface area (Å²) < 4.78 is 19.6. The van der Waals surface area contributed by atoms with Crippen molar-refractivity contribution < 1.29 is 13.9 Å². The summed E-state index contributed by atoms with van der Waals surface area (Å²) in [6.07, 6.45) is 0. The highest BCUT2D eigenvalue weighted by molar-refractivity contribution is 7.17. The molecule has 8 nitrogen and oxygen atoms in total. The van der Waals surface area contributed by atoms with Gasteiger partial charge in [0.15, 0.2) is 0 Å². The molecule has 0 aliphatic carbocycles. The van der Waals surface area contributed by atoms with E-state index in [9.17, 15) is 9.18 Å². The zero-order chi connectivity index (χ0) is 25.8. The van der Waals surface area contributed by atoms with Crippen LogP contribution < -0.4 is 20.3 Å². The van der Waals surface area contributed by atoms with E-state index in [4.69, 9.17) is 4.74 Å². The lowest BCUT2D eigenvalue weighted by Crippen LogP contribution is -2.44. The summed E-state index contributed by atoms with van der Waals surface area (Å²) in [6, 6.07) is 17.0. The SMILES string of the molecule is C=C(CF)C(=O)Nc1cccc(Oc2nc(Nc3ccc(N4CCN(C)CC4)cc3)nc3ccsc23)c1. The van der Waals surface area contributed by atoms with E-state index in [-0.39, 0.29) is 5.57 Å². The molecule has 0 radical (unpaired) electrons. The Morgan fingerprint density at radius 2 is 1.86 bits per heavy atom. The van der Waals surface area contributed by atoms with Crippen LogP contribution in [0, 0.1) is 0 Å². The number of rotatable bonds is 8. The van der Waals surface area contributed by atoms with E-state index in [1.165, 1.54) is 17.0 Å². The fourth-order valence-corrected chi connectivity index (χ4v) is 4.70. The Bertz CT molecular complexity index is 1420. The van der Waals surface area contributed by atoms with Crippen LogP contribution >= 0.6 is 11.3 Å². The van der Waals surface area contributed by atoms with Crippen molar-refractivity contribution in [3.8, 4) is 11.6 Å². The molecule has 37 heavy (non-hydrogen) atoms. The van der Waals surface area contributed by atoms with Crippen LogP contribution in [0.1, 0.15) is 0 Å². The summed E-state index contributed by atoms with van der Waals surface area (Å²) in [7, 11) is 2.15. The molecule has 0 unspecified atom stereocenters. The Labute approximate surface area is 218 Å². The van der Waals surface area contributed by atoms with Gasteiger partial charge < -0.3 is 25.2 Å². The van der Waals surface area contributed by atoms with Gasteiger partial charge in [-0.25, -0.2) is 9.37 Å². The Morgan fingerprint density at radius 1 is 1.08 bits per heavy atom. The molecular weight excluding hydrogens is 491 g/mol. The van der Waals surface area contributed by atoms with Gasteiger partial charge in [-0.15, -0.1) is 11.3 Å². The maximum absolute atomic E-state index is 12.7. The predicted molar refractivity (Wildman–Crippen MR) is 147 cm³/mol. The third kappa shape index (κ3) is 5.87. The standard InChI is InChI=1S/C27H27FN6O2S/c1-18(17-28)25(35)29-20-4-3-5-22(16-20)36-26-24-23(10-15-37-24)31-27(32-26)30-19-6-8-21(9-7-19)34-13-11-33(2)12-14-34/h3-10,15-16H,1,11-14,17H2,2H3,(H,29,35)(H,30,31,32). The van der Waals surface area contributed by atoms with Crippen molar-refractivity contribution in [2.45, 2.75) is 0 Å². The summed E-state index contributed by atoms with van der Waals surface area (Å²) in [5.74, 6) is 0.706. The molecule has 1 aliphatic heterocycles. The van der Waals surface area contributed by atoms with E-state index >= 15 is 0 Å². The summed E-state index contributed by atoms with van der Waals surface area (Å²) in [5, 5.41) is 7.83. The Balaban J connectivity index is 1.33. The van der Waals surface area contributed by atoms with Gasteiger partial charge in [0.05, 0.1) is 5.52 Å². The molecule has 1 aliphatic rings. The van der Waals surface area contributed by atoms with E-state index < -0.39 is 12.6 Å². The topological polar surface area (TPSA) is 82.6 Å². The minimum Gasteiger partial charge on any atom is -0.437 e. The summed E-state index contributed by atoms with van der Waals surface area (Å²) in [5.41, 5.74) is 3.15. The molecule has 1 amide bonds. The highest BCUT2D eigenvalue weighted by Crippen LogP contribution is 2.34. The molecule has 2 aromatic heterocycles. The first-order valence-corrected chi connectivity index (χ1v) is 12.8. The van der Waals surface area contributed by atoms with Crippen LogP contribution in [0.3, 0.4) is 0 Å². The van der Waals surface area contributed by atoms with Crippen molar-refractivity contribution in [1.82, 2.24) is 14.9 Å². The van der Waals surface area contributed by atoms with E-state index in [0.717, 1.165) is 42.1 Å². The van der Waals surface area contributed by atoms with Crippen LogP contribution in [-0.4, -0.2) is 60.7 Å². The van der Waals surface area contributed by atoms with Gasteiger partial charge in [0, 0.05) is 54.9 Å². The number of amides is 1. The van der Waals surface area contributed by atoms with E-state index in [1.54, 1.807) is 24.3 Å². The summed E-state index contributed by atoms with van der Waals surface area (Å²) in [6.45, 7) is 6.64. The van der Waals surface area contributed by atoms with E-state index in [1.807, 2.05) is 23.6 Å². The van der Waals surface area contributed by atoms with E-state index in [0.29, 0.717) is 23.3 Å². The van der Waals surface area contributed by atoms with Crippen molar-refractivity contribution >= 4 is 50.5 Å². The molecule has 2 aromatic carbocycles.